The van der Waals surface area contributed by atoms with E-state index >= 15 is 0 Å². The number of carbonyl (C=O) groups is 1. The predicted molar refractivity (Wildman–Crippen MR) is 90.9 cm³/mol. The second-order valence-corrected chi connectivity index (χ2v) is 6.86. The van der Waals surface area contributed by atoms with Gasteiger partial charge in [0.1, 0.15) is 0 Å². The summed E-state index contributed by atoms with van der Waals surface area (Å²) in [7, 11) is -1.15. The maximum atomic E-state index is 12.4. The van der Waals surface area contributed by atoms with Crippen molar-refractivity contribution in [3.63, 3.8) is 0 Å². The van der Waals surface area contributed by atoms with E-state index in [1.54, 1.807) is 18.4 Å². The summed E-state index contributed by atoms with van der Waals surface area (Å²) in [4.78, 5) is 13.0. The summed E-state index contributed by atoms with van der Waals surface area (Å²) in [5.41, 5.74) is 2.93. The molecule has 5 heteroatoms. The van der Waals surface area contributed by atoms with Gasteiger partial charge in [0.15, 0.2) is 0 Å². The van der Waals surface area contributed by atoms with Crippen LogP contribution in [0.2, 0.25) is 0 Å². The number of amides is 1. The lowest BCUT2D eigenvalue weighted by molar-refractivity contribution is -0.119. The second-order valence-electron chi connectivity index (χ2n) is 5.51. The summed E-state index contributed by atoms with van der Waals surface area (Å²) >= 11 is 0. The van der Waals surface area contributed by atoms with E-state index in [2.05, 4.69) is 11.4 Å². The van der Waals surface area contributed by atoms with Crippen molar-refractivity contribution >= 4 is 22.4 Å². The number of hydrogen-bond acceptors (Lipinski definition) is 3. The van der Waals surface area contributed by atoms with Crippen LogP contribution in [0.1, 0.15) is 23.7 Å². The molecule has 23 heavy (non-hydrogen) atoms. The first-order chi connectivity index (χ1) is 11.1. The molecule has 0 radical (unpaired) electrons. The van der Waals surface area contributed by atoms with Crippen molar-refractivity contribution in [3.05, 3.63) is 59.7 Å². The molecule has 0 unspecified atom stereocenters. The third-order valence-electron chi connectivity index (χ3n) is 3.93. The van der Waals surface area contributed by atoms with Crippen LogP contribution in [0.3, 0.4) is 0 Å². The molecule has 1 amide bonds. The maximum Gasteiger partial charge on any atom is 0.227 e. The molecule has 1 heterocycles. The number of para-hydroxylation sites is 1. The number of ether oxygens (including phenoxy) is 1. The lowest BCUT2D eigenvalue weighted by Gasteiger charge is -2.25. The zero-order chi connectivity index (χ0) is 16.2. The number of rotatable bonds is 4. The fourth-order valence-electron chi connectivity index (χ4n) is 2.84. The number of fused-ring (bicyclic) bond motifs is 1. The van der Waals surface area contributed by atoms with Crippen LogP contribution in [0.25, 0.3) is 0 Å². The lowest BCUT2D eigenvalue weighted by Crippen LogP contribution is -2.22. The zero-order valence-electron chi connectivity index (χ0n) is 13.0. The largest absolute Gasteiger partial charge is 0.373 e. The standard InChI is InChI=1S/C18H19NO3S/c1-23(21)17-9-5-4-8-15(17)19-18(20)12-16-14-7-3-2-6-13(14)10-11-22-16/h2-9,16H,10-12H2,1H3,(H,19,20)/t16-,23-/m0/s1. The van der Waals surface area contributed by atoms with E-state index in [-0.39, 0.29) is 18.4 Å². The molecule has 1 aliphatic rings. The summed E-state index contributed by atoms with van der Waals surface area (Å²) in [5, 5.41) is 2.86. The fourth-order valence-corrected chi connectivity index (χ4v) is 3.53. The molecule has 0 bridgehead atoms. The molecule has 120 valence electrons. The van der Waals surface area contributed by atoms with E-state index in [9.17, 15) is 9.00 Å². The molecule has 0 fully saturated rings. The van der Waals surface area contributed by atoms with Gasteiger partial charge in [-0.15, -0.1) is 0 Å². The average molecular weight is 329 g/mol. The molecule has 4 nitrogen and oxygen atoms in total. The van der Waals surface area contributed by atoms with E-state index in [4.69, 9.17) is 4.74 Å². The Bertz CT molecular complexity index is 745. The molecule has 2 aromatic carbocycles. The van der Waals surface area contributed by atoms with Crippen molar-refractivity contribution in [1.29, 1.82) is 0 Å². The molecule has 2 atom stereocenters. The highest BCUT2D eigenvalue weighted by molar-refractivity contribution is 7.84. The van der Waals surface area contributed by atoms with Gasteiger partial charge in [0.2, 0.25) is 5.91 Å². The molecular formula is C18H19NO3S. The van der Waals surface area contributed by atoms with Gasteiger partial charge in [0.05, 0.1) is 40.5 Å². The Hall–Kier alpha value is -1.98. The van der Waals surface area contributed by atoms with Crippen molar-refractivity contribution < 1.29 is 13.7 Å². The molecular weight excluding hydrogens is 310 g/mol. The molecule has 2 aromatic rings. The van der Waals surface area contributed by atoms with Crippen molar-refractivity contribution in [2.75, 3.05) is 18.2 Å². The lowest BCUT2D eigenvalue weighted by atomic mass is 9.95. The van der Waals surface area contributed by atoms with Crippen LogP contribution in [-0.2, 0) is 26.8 Å². The van der Waals surface area contributed by atoms with Crippen LogP contribution in [0, 0.1) is 0 Å². The topological polar surface area (TPSA) is 55.4 Å². The van der Waals surface area contributed by atoms with Gasteiger partial charge in [0, 0.05) is 6.26 Å². The van der Waals surface area contributed by atoms with Crippen LogP contribution >= 0.6 is 0 Å². The number of carbonyl (C=O) groups excluding carboxylic acids is 1. The Morgan fingerprint density at radius 2 is 1.96 bits per heavy atom. The minimum absolute atomic E-state index is 0.135. The van der Waals surface area contributed by atoms with Crippen molar-refractivity contribution in [2.45, 2.75) is 23.8 Å². The first-order valence-corrected chi connectivity index (χ1v) is 9.12. The van der Waals surface area contributed by atoms with Crippen LogP contribution < -0.4 is 5.32 Å². The van der Waals surface area contributed by atoms with Crippen LogP contribution in [-0.4, -0.2) is 23.0 Å². The van der Waals surface area contributed by atoms with E-state index in [0.717, 1.165) is 12.0 Å². The summed E-state index contributed by atoms with van der Waals surface area (Å²) < 4.78 is 17.5. The van der Waals surface area contributed by atoms with E-state index in [1.807, 2.05) is 30.3 Å². The predicted octanol–water partition coefficient (Wildman–Crippen LogP) is 3.07. The van der Waals surface area contributed by atoms with Gasteiger partial charge in [-0.05, 0) is 29.7 Å². The minimum Gasteiger partial charge on any atom is -0.373 e. The van der Waals surface area contributed by atoms with Gasteiger partial charge < -0.3 is 10.1 Å². The highest BCUT2D eigenvalue weighted by Gasteiger charge is 2.23. The van der Waals surface area contributed by atoms with Crippen LogP contribution in [0.5, 0.6) is 0 Å². The number of hydrogen-bond donors (Lipinski definition) is 1. The van der Waals surface area contributed by atoms with Gasteiger partial charge in [0.25, 0.3) is 0 Å². The van der Waals surface area contributed by atoms with Crippen LogP contribution in [0.15, 0.2) is 53.4 Å². The first kappa shape index (κ1) is 15.9. The Labute approximate surface area is 138 Å². The van der Waals surface area contributed by atoms with Crippen molar-refractivity contribution in [1.82, 2.24) is 0 Å². The molecule has 0 spiro atoms. The summed E-state index contributed by atoms with van der Waals surface area (Å²) in [6, 6.07) is 15.2. The van der Waals surface area contributed by atoms with Gasteiger partial charge >= 0.3 is 0 Å². The Morgan fingerprint density at radius 1 is 1.22 bits per heavy atom. The fraction of sp³-hybridized carbons (Fsp3) is 0.278. The summed E-state index contributed by atoms with van der Waals surface area (Å²) in [6.07, 6.45) is 2.51. The highest BCUT2D eigenvalue weighted by atomic mass is 32.2. The smallest absolute Gasteiger partial charge is 0.227 e. The molecule has 0 aromatic heterocycles. The second kappa shape index (κ2) is 7.06. The summed E-state index contributed by atoms with van der Waals surface area (Å²) in [5.74, 6) is -0.135. The third kappa shape index (κ3) is 3.68. The highest BCUT2D eigenvalue weighted by Crippen LogP contribution is 2.30. The Kier molecular flexibility index (Phi) is 4.88. The SMILES string of the molecule is C[S@](=O)c1ccccc1NC(=O)C[C@@H]1OCCc2ccccc21. The quantitative estimate of drug-likeness (QED) is 0.938. The average Bonchev–Trinajstić information content (AvgIpc) is 2.55. The van der Waals surface area contributed by atoms with Crippen LogP contribution in [0.4, 0.5) is 5.69 Å². The van der Waals surface area contributed by atoms with Crippen molar-refractivity contribution in [2.24, 2.45) is 0 Å². The van der Waals surface area contributed by atoms with Gasteiger partial charge in [-0.1, -0.05) is 36.4 Å². The monoisotopic (exact) mass is 329 g/mol. The van der Waals surface area contributed by atoms with Crippen molar-refractivity contribution in [3.8, 4) is 0 Å². The Balaban J connectivity index is 1.73. The zero-order valence-corrected chi connectivity index (χ0v) is 13.8. The number of anilines is 1. The molecule has 0 saturated heterocycles. The Morgan fingerprint density at radius 3 is 2.78 bits per heavy atom. The number of benzene rings is 2. The molecule has 1 N–H and O–H groups in total. The number of nitrogens with one attached hydrogen (secondary N) is 1. The molecule has 0 saturated carbocycles. The third-order valence-corrected chi connectivity index (χ3v) is 4.91. The molecule has 1 aliphatic heterocycles. The molecule has 0 aliphatic carbocycles. The van der Waals surface area contributed by atoms with E-state index in [0.29, 0.717) is 17.2 Å². The van der Waals surface area contributed by atoms with Gasteiger partial charge in [-0.3, -0.25) is 9.00 Å². The maximum absolute atomic E-state index is 12.4. The first-order valence-electron chi connectivity index (χ1n) is 7.57. The van der Waals surface area contributed by atoms with Gasteiger partial charge in [-0.2, -0.15) is 0 Å². The van der Waals surface area contributed by atoms with Gasteiger partial charge in [-0.25, -0.2) is 0 Å². The van der Waals surface area contributed by atoms with E-state index < -0.39 is 10.8 Å². The summed E-state index contributed by atoms with van der Waals surface area (Å²) in [6.45, 7) is 0.629. The van der Waals surface area contributed by atoms with E-state index in [1.165, 1.54) is 5.56 Å². The normalized spacial score (nSPS) is 18.0. The minimum atomic E-state index is -1.15. The molecule has 3 rings (SSSR count).